The zero-order chi connectivity index (χ0) is 11.6. The maximum Gasteiger partial charge on any atom is 0.573 e. The molecule has 96 valence electrons. The molecule has 0 heterocycles. The van der Waals surface area contributed by atoms with E-state index in [0.717, 1.165) is 5.56 Å². The molecule has 0 unspecified atom stereocenters. The van der Waals surface area contributed by atoms with Crippen molar-refractivity contribution < 1.29 is 28.9 Å². The van der Waals surface area contributed by atoms with Gasteiger partial charge in [0.1, 0.15) is 13.6 Å². The van der Waals surface area contributed by atoms with E-state index < -0.39 is 6.36 Å². The lowest BCUT2D eigenvalue weighted by Crippen LogP contribution is -2.22. The highest BCUT2D eigenvalue weighted by molar-refractivity contribution is 6.34. The Morgan fingerprint density at radius 3 is 2.06 bits per heavy atom. The number of halogens is 3. The summed E-state index contributed by atoms with van der Waals surface area (Å²) in [6.07, 6.45) is -4.70. The lowest BCUT2D eigenvalue weighted by Gasteiger charge is -2.13. The second kappa shape index (κ2) is 6.51. The molecule has 1 aromatic rings. The first-order valence-corrected chi connectivity index (χ1v) is 4.45. The average Bonchev–Trinajstić information content (AvgIpc) is 2.05. The first-order valence-electron chi connectivity index (χ1n) is 4.45. The van der Waals surface area contributed by atoms with Crippen LogP contribution in [-0.4, -0.2) is 25.2 Å². The zero-order valence-electron chi connectivity index (χ0n) is 9.43. The molecule has 0 spiro atoms. The van der Waals surface area contributed by atoms with Crippen LogP contribution in [0.4, 0.5) is 13.2 Å². The van der Waals surface area contributed by atoms with Crippen LogP contribution >= 0.6 is 0 Å². The van der Waals surface area contributed by atoms with Crippen LogP contribution in [0.5, 0.6) is 5.75 Å². The molecule has 0 saturated carbocycles. The van der Waals surface area contributed by atoms with Crippen molar-refractivity contribution in [2.24, 2.45) is 0 Å². The summed E-state index contributed by atoms with van der Waals surface area (Å²) in [5.74, 6) is -0.140. The number of alkyl halides is 3. The summed E-state index contributed by atoms with van der Waals surface area (Å²) in [6, 6.07) is 4.30. The Bertz CT molecular complexity index is 353. The first kappa shape index (κ1) is 18.2. The Morgan fingerprint density at radius 2 is 1.71 bits per heavy atom. The Kier molecular flexibility index (Phi) is 6.96. The molecule has 0 aliphatic heterocycles. The first-order chi connectivity index (χ1) is 6.79. The third-order valence-corrected chi connectivity index (χ3v) is 1.93. The third-order valence-electron chi connectivity index (χ3n) is 1.93. The van der Waals surface area contributed by atoms with Gasteiger partial charge in [0.2, 0.25) is 0 Å². The van der Waals surface area contributed by atoms with Crippen LogP contribution in [0.2, 0.25) is 0 Å². The van der Waals surface area contributed by atoms with Crippen molar-refractivity contribution in [2.45, 2.75) is 26.1 Å². The summed E-state index contributed by atoms with van der Waals surface area (Å²) in [6.45, 7) is 3.86. The van der Waals surface area contributed by atoms with E-state index in [1.807, 2.05) is 13.8 Å². The lowest BCUT2D eigenvalue weighted by molar-refractivity contribution is -0.274. The van der Waals surface area contributed by atoms with Crippen molar-refractivity contribution >= 4 is 13.3 Å². The van der Waals surface area contributed by atoms with Crippen LogP contribution in [0.15, 0.2) is 18.2 Å². The highest BCUT2D eigenvalue weighted by Crippen LogP contribution is 2.22. The number of benzene rings is 1. The maximum atomic E-state index is 11.9. The quantitative estimate of drug-likeness (QED) is 0.717. The van der Waals surface area contributed by atoms with Gasteiger partial charge in [-0.1, -0.05) is 31.4 Å². The molecular weight excluding hydrogens is 236 g/mol. The number of rotatable bonds is 2. The van der Waals surface area contributed by atoms with Crippen molar-refractivity contribution in [3.63, 3.8) is 0 Å². The van der Waals surface area contributed by atoms with E-state index in [4.69, 9.17) is 7.85 Å². The minimum atomic E-state index is -4.70. The van der Waals surface area contributed by atoms with Crippen LogP contribution in [0.3, 0.4) is 0 Å². The van der Waals surface area contributed by atoms with Gasteiger partial charge in [-0.15, -0.1) is 13.2 Å². The predicted molar refractivity (Wildman–Crippen MR) is 59.8 cm³/mol. The molecule has 1 aromatic carbocycles. The molecule has 0 atom stereocenters. The molecule has 0 bridgehead atoms. The van der Waals surface area contributed by atoms with Crippen molar-refractivity contribution in [2.75, 3.05) is 0 Å². The van der Waals surface area contributed by atoms with Gasteiger partial charge in [0.25, 0.3) is 0 Å². The number of ether oxygens (including phenoxy) is 1. The summed E-state index contributed by atoms with van der Waals surface area (Å²) >= 11 is 0. The summed E-state index contributed by atoms with van der Waals surface area (Å²) < 4.78 is 39.5. The van der Waals surface area contributed by atoms with Crippen molar-refractivity contribution in [3.8, 4) is 5.75 Å². The molecule has 1 rings (SSSR count). The normalized spacial score (nSPS) is 10.5. The fourth-order valence-electron chi connectivity index (χ4n) is 1.14. The van der Waals surface area contributed by atoms with Crippen LogP contribution in [-0.2, 0) is 0 Å². The number of hydrogen-bond acceptors (Lipinski definition) is 1. The Morgan fingerprint density at radius 1 is 1.18 bits per heavy atom. The number of hydrogen-bond donors (Lipinski definition) is 0. The largest absolute Gasteiger partial charge is 0.573 e. The van der Waals surface area contributed by atoms with Gasteiger partial charge < -0.3 is 15.7 Å². The fraction of sp³-hybridized carbons (Fsp3) is 0.400. The monoisotopic (exact) mass is 250 g/mol. The minimum Gasteiger partial charge on any atom is -0.412 e. The lowest BCUT2D eigenvalue weighted by atomic mass is 9.90. The highest BCUT2D eigenvalue weighted by Gasteiger charge is 2.31. The van der Waals surface area contributed by atoms with Crippen LogP contribution in [0.1, 0.15) is 25.3 Å². The van der Waals surface area contributed by atoms with Crippen LogP contribution in [0, 0.1) is 0 Å². The third kappa shape index (κ3) is 5.60. The summed E-state index contributed by atoms with van der Waals surface area (Å²) in [4.78, 5) is 0. The molecule has 3 nitrogen and oxygen atoms in total. The molecule has 2 radical (unpaired) electrons. The van der Waals surface area contributed by atoms with E-state index in [1.54, 1.807) is 6.07 Å². The smallest absolute Gasteiger partial charge is 0.412 e. The SMILES string of the molecule is O.O.[B]c1cc(C(C)C)ccc1OC(F)(F)F. The van der Waals surface area contributed by atoms with Gasteiger partial charge in [-0.25, -0.2) is 0 Å². The minimum absolute atomic E-state index is 0. The van der Waals surface area contributed by atoms with Crippen molar-refractivity contribution in [1.29, 1.82) is 0 Å². The van der Waals surface area contributed by atoms with Crippen LogP contribution < -0.4 is 10.2 Å². The van der Waals surface area contributed by atoms with E-state index in [9.17, 15) is 13.2 Å². The average molecular weight is 250 g/mol. The molecule has 4 N–H and O–H groups in total. The Balaban J connectivity index is 0. The topological polar surface area (TPSA) is 72.2 Å². The Labute approximate surface area is 98.6 Å². The molecular formula is C10H14BF3O3. The molecule has 0 aliphatic carbocycles. The van der Waals surface area contributed by atoms with Gasteiger partial charge >= 0.3 is 6.36 Å². The summed E-state index contributed by atoms with van der Waals surface area (Å²) in [7, 11) is 5.44. The zero-order valence-corrected chi connectivity index (χ0v) is 9.43. The van der Waals surface area contributed by atoms with Gasteiger partial charge in [-0.3, -0.25) is 0 Å². The van der Waals surface area contributed by atoms with E-state index in [0.29, 0.717) is 0 Å². The summed E-state index contributed by atoms with van der Waals surface area (Å²) in [5, 5.41) is 0. The van der Waals surface area contributed by atoms with E-state index in [-0.39, 0.29) is 28.1 Å². The second-order valence-electron chi connectivity index (χ2n) is 3.50. The fourth-order valence-corrected chi connectivity index (χ4v) is 1.14. The van der Waals surface area contributed by atoms with Gasteiger partial charge in [-0.2, -0.15) is 0 Å². The molecule has 0 aromatic heterocycles. The predicted octanol–water partition coefficient (Wildman–Crippen LogP) is 0.853. The van der Waals surface area contributed by atoms with Gasteiger partial charge in [0.15, 0.2) is 0 Å². The molecule has 7 heteroatoms. The summed E-state index contributed by atoms with van der Waals surface area (Å²) in [5.41, 5.74) is 0.876. The van der Waals surface area contributed by atoms with E-state index in [1.165, 1.54) is 12.1 Å². The van der Waals surface area contributed by atoms with Crippen molar-refractivity contribution in [3.05, 3.63) is 23.8 Å². The van der Waals surface area contributed by atoms with Crippen LogP contribution in [0.25, 0.3) is 0 Å². The van der Waals surface area contributed by atoms with Gasteiger partial charge in [-0.05, 0) is 17.5 Å². The van der Waals surface area contributed by atoms with Crippen molar-refractivity contribution in [1.82, 2.24) is 0 Å². The molecule has 0 amide bonds. The molecule has 17 heavy (non-hydrogen) atoms. The highest BCUT2D eigenvalue weighted by atomic mass is 19.4. The molecule has 0 saturated heterocycles. The molecule has 0 fully saturated rings. The standard InChI is InChI=1S/C10H10BF3O.2H2O/c1-6(2)7-3-4-9(8(11)5-7)15-10(12,13)14;;/h3-6H,1-2H3;2*1H2. The second-order valence-corrected chi connectivity index (χ2v) is 3.50. The maximum absolute atomic E-state index is 11.9. The van der Waals surface area contributed by atoms with Gasteiger partial charge in [0.05, 0.1) is 0 Å². The van der Waals surface area contributed by atoms with E-state index >= 15 is 0 Å². The van der Waals surface area contributed by atoms with E-state index in [2.05, 4.69) is 4.74 Å². The molecule has 0 aliphatic rings. The van der Waals surface area contributed by atoms with Gasteiger partial charge in [0, 0.05) is 0 Å². The Hall–Kier alpha value is -1.21.